The number of aryl methyl sites for hydroxylation is 1. The van der Waals surface area contributed by atoms with Gasteiger partial charge in [-0.3, -0.25) is 4.79 Å². The van der Waals surface area contributed by atoms with Gasteiger partial charge in [0.05, 0.1) is 5.69 Å². The van der Waals surface area contributed by atoms with Crippen LogP contribution in [0.2, 0.25) is 0 Å². The summed E-state index contributed by atoms with van der Waals surface area (Å²) in [4.78, 5) is 19.9. The fourth-order valence-corrected chi connectivity index (χ4v) is 4.81. The fraction of sp³-hybridized carbons (Fsp3) is 0.450. The number of likely N-dealkylation sites (tertiary alicyclic amines) is 1. The van der Waals surface area contributed by atoms with E-state index in [1.807, 2.05) is 19.1 Å². The third-order valence-electron chi connectivity index (χ3n) is 5.90. The maximum absolute atomic E-state index is 13.6. The lowest BCUT2D eigenvalue weighted by atomic mass is 10.0. The number of amides is 1. The van der Waals surface area contributed by atoms with E-state index < -0.39 is 11.2 Å². The van der Waals surface area contributed by atoms with E-state index in [4.69, 9.17) is 0 Å². The van der Waals surface area contributed by atoms with Gasteiger partial charge in [-0.05, 0) is 49.8 Å². The third-order valence-corrected chi connectivity index (χ3v) is 6.83. The molecule has 0 aromatic carbocycles. The molecule has 32 heavy (non-hydrogen) atoms. The Kier molecular flexibility index (Phi) is 5.11. The standard InChI is InChI=1S/C20H20F3N7OS/c1-11-3-4-15(30-6-2-5-25-30)16(26-11)17(31)29-10-13-7-12(13)8-14(29)9-24-19-28-27-18(32-19)20(21,22)23/h2-6,12-14H,7-10H2,1H3,(H,24,28)/t12-,13+,14+/m1/s1. The van der Waals surface area contributed by atoms with Crippen LogP contribution < -0.4 is 5.32 Å². The molecular weight excluding hydrogens is 443 g/mol. The van der Waals surface area contributed by atoms with E-state index in [0.29, 0.717) is 53.3 Å². The zero-order valence-electron chi connectivity index (χ0n) is 17.1. The number of alkyl halides is 3. The minimum absolute atomic E-state index is 0.0913. The van der Waals surface area contributed by atoms with Crippen molar-refractivity contribution in [3.63, 3.8) is 0 Å². The summed E-state index contributed by atoms with van der Waals surface area (Å²) in [5.41, 5.74) is 1.62. The molecule has 0 radical (unpaired) electrons. The second-order valence-corrected chi connectivity index (χ2v) is 9.14. The van der Waals surface area contributed by atoms with Crippen LogP contribution in [0.5, 0.6) is 0 Å². The molecule has 1 aliphatic carbocycles. The molecule has 0 unspecified atom stereocenters. The van der Waals surface area contributed by atoms with E-state index in [1.54, 1.807) is 28.0 Å². The van der Waals surface area contributed by atoms with Gasteiger partial charge < -0.3 is 10.2 Å². The molecular formula is C20H20F3N7OS. The number of hydrogen-bond donors (Lipinski definition) is 1. The number of nitrogens with zero attached hydrogens (tertiary/aromatic N) is 6. The van der Waals surface area contributed by atoms with E-state index >= 15 is 0 Å². The highest BCUT2D eigenvalue weighted by molar-refractivity contribution is 7.15. The van der Waals surface area contributed by atoms with Gasteiger partial charge in [0.2, 0.25) is 10.1 Å². The molecule has 8 nitrogen and oxygen atoms in total. The average Bonchev–Trinajstić information content (AvgIpc) is 3.13. The van der Waals surface area contributed by atoms with Gasteiger partial charge in [0.15, 0.2) is 5.69 Å². The normalized spacial score (nSPS) is 22.5. The maximum Gasteiger partial charge on any atom is 0.445 e. The molecule has 3 aromatic heterocycles. The molecule has 3 atom stereocenters. The summed E-state index contributed by atoms with van der Waals surface area (Å²) >= 11 is 0.463. The van der Waals surface area contributed by atoms with E-state index in [0.717, 1.165) is 12.8 Å². The van der Waals surface area contributed by atoms with Gasteiger partial charge in [0, 0.05) is 37.2 Å². The minimum Gasteiger partial charge on any atom is -0.358 e. The van der Waals surface area contributed by atoms with E-state index in [2.05, 4.69) is 25.6 Å². The number of fused-ring (bicyclic) bond motifs is 1. The number of nitrogens with one attached hydrogen (secondary N) is 1. The Bertz CT molecular complexity index is 1130. The van der Waals surface area contributed by atoms with Crippen molar-refractivity contribution >= 4 is 22.4 Å². The molecule has 2 aliphatic rings. The number of pyridine rings is 1. The summed E-state index contributed by atoms with van der Waals surface area (Å²) in [6, 6.07) is 5.23. The smallest absolute Gasteiger partial charge is 0.358 e. The van der Waals surface area contributed by atoms with Crippen LogP contribution in [-0.4, -0.2) is 54.9 Å². The monoisotopic (exact) mass is 463 g/mol. The number of anilines is 1. The SMILES string of the molecule is Cc1ccc(-n2cccn2)c(C(=O)N2C[C@@H]3C[C@@H]3C[C@H]2CNc2nnc(C(F)(F)F)s2)n1. The molecule has 1 saturated heterocycles. The molecule has 5 rings (SSSR count). The third kappa shape index (κ3) is 4.06. The quantitative estimate of drug-likeness (QED) is 0.624. The zero-order valence-corrected chi connectivity index (χ0v) is 17.9. The van der Waals surface area contributed by atoms with Crippen molar-refractivity contribution in [2.24, 2.45) is 11.8 Å². The summed E-state index contributed by atoms with van der Waals surface area (Å²) in [5.74, 6) is 0.804. The molecule has 1 aliphatic heterocycles. The molecule has 1 saturated carbocycles. The van der Waals surface area contributed by atoms with Crippen LogP contribution >= 0.6 is 11.3 Å². The predicted molar refractivity (Wildman–Crippen MR) is 111 cm³/mol. The molecule has 12 heteroatoms. The lowest BCUT2D eigenvalue weighted by Crippen LogP contribution is -2.48. The topological polar surface area (TPSA) is 88.8 Å². The van der Waals surface area contributed by atoms with Crippen molar-refractivity contribution in [3.05, 3.63) is 47.0 Å². The van der Waals surface area contributed by atoms with Crippen molar-refractivity contribution in [2.45, 2.75) is 32.0 Å². The molecule has 168 valence electrons. The van der Waals surface area contributed by atoms with Gasteiger partial charge in [-0.25, -0.2) is 9.67 Å². The minimum atomic E-state index is -4.52. The van der Waals surface area contributed by atoms with Gasteiger partial charge in [-0.1, -0.05) is 11.3 Å². The number of aromatic nitrogens is 5. The van der Waals surface area contributed by atoms with Crippen molar-refractivity contribution in [1.29, 1.82) is 0 Å². The van der Waals surface area contributed by atoms with Crippen LogP contribution in [0.25, 0.3) is 5.69 Å². The lowest BCUT2D eigenvalue weighted by molar-refractivity contribution is -0.138. The Morgan fingerprint density at radius 2 is 2.09 bits per heavy atom. The predicted octanol–water partition coefficient (Wildman–Crippen LogP) is 3.41. The molecule has 0 bridgehead atoms. The van der Waals surface area contributed by atoms with E-state index in [-0.39, 0.29) is 17.1 Å². The van der Waals surface area contributed by atoms with Crippen molar-refractivity contribution in [3.8, 4) is 5.69 Å². The highest BCUT2D eigenvalue weighted by Gasteiger charge is 2.47. The summed E-state index contributed by atoms with van der Waals surface area (Å²) in [7, 11) is 0. The van der Waals surface area contributed by atoms with Gasteiger partial charge in [-0.15, -0.1) is 10.2 Å². The van der Waals surface area contributed by atoms with Gasteiger partial charge in [-0.2, -0.15) is 18.3 Å². The molecule has 4 heterocycles. The van der Waals surface area contributed by atoms with Gasteiger partial charge >= 0.3 is 6.18 Å². The van der Waals surface area contributed by atoms with Gasteiger partial charge in [0.25, 0.3) is 5.91 Å². The molecule has 1 N–H and O–H groups in total. The number of carbonyl (C=O) groups is 1. The van der Waals surface area contributed by atoms with E-state index in [1.165, 1.54) is 0 Å². The number of hydrogen-bond acceptors (Lipinski definition) is 7. The number of rotatable bonds is 5. The second-order valence-electron chi connectivity index (χ2n) is 8.16. The summed E-state index contributed by atoms with van der Waals surface area (Å²) in [6.45, 7) is 2.72. The first-order chi connectivity index (χ1) is 15.3. The first kappa shape index (κ1) is 20.9. The Hall–Kier alpha value is -3.02. The van der Waals surface area contributed by atoms with Crippen molar-refractivity contribution in [1.82, 2.24) is 29.9 Å². The number of carbonyl (C=O) groups excluding carboxylic acids is 1. The Morgan fingerprint density at radius 3 is 2.81 bits per heavy atom. The van der Waals surface area contributed by atoms with Crippen LogP contribution in [0.1, 0.15) is 34.0 Å². The maximum atomic E-state index is 13.6. The highest BCUT2D eigenvalue weighted by Crippen LogP contribution is 2.47. The summed E-state index contributed by atoms with van der Waals surface area (Å²) in [6.07, 6.45) is 0.712. The van der Waals surface area contributed by atoms with Crippen molar-refractivity contribution in [2.75, 3.05) is 18.4 Å². The highest BCUT2D eigenvalue weighted by atomic mass is 32.1. The molecule has 1 amide bonds. The Morgan fingerprint density at radius 1 is 1.25 bits per heavy atom. The Balaban J connectivity index is 1.38. The summed E-state index contributed by atoms with van der Waals surface area (Å²) < 4.78 is 40.0. The first-order valence-electron chi connectivity index (χ1n) is 10.2. The van der Waals surface area contributed by atoms with E-state index in [9.17, 15) is 18.0 Å². The van der Waals surface area contributed by atoms with Crippen LogP contribution in [0.4, 0.5) is 18.3 Å². The largest absolute Gasteiger partial charge is 0.445 e. The summed E-state index contributed by atoms with van der Waals surface area (Å²) in [5, 5.41) is 13.1. The van der Waals surface area contributed by atoms with Crippen LogP contribution in [0, 0.1) is 18.8 Å². The second kappa shape index (κ2) is 7.84. The zero-order chi connectivity index (χ0) is 22.5. The van der Waals surface area contributed by atoms with Crippen LogP contribution in [0.3, 0.4) is 0 Å². The first-order valence-corrected chi connectivity index (χ1v) is 11.0. The van der Waals surface area contributed by atoms with Gasteiger partial charge in [0.1, 0.15) is 0 Å². The lowest BCUT2D eigenvalue weighted by Gasteiger charge is -2.35. The van der Waals surface area contributed by atoms with Crippen molar-refractivity contribution < 1.29 is 18.0 Å². The molecule has 0 spiro atoms. The average molecular weight is 463 g/mol. The molecule has 3 aromatic rings. The van der Waals surface area contributed by atoms with Crippen LogP contribution in [-0.2, 0) is 6.18 Å². The Labute approximate surface area is 185 Å². The number of halogens is 3. The fourth-order valence-electron chi connectivity index (χ4n) is 4.20. The number of piperidine rings is 1. The van der Waals surface area contributed by atoms with Crippen LogP contribution in [0.15, 0.2) is 30.6 Å². The molecule has 2 fully saturated rings.